The maximum absolute atomic E-state index is 3.30. The summed E-state index contributed by atoms with van der Waals surface area (Å²) in [5.74, 6) is 0. The molecule has 1 N–H and O–H groups in total. The second kappa shape index (κ2) is 2.06. The second-order valence-electron chi connectivity index (χ2n) is 2.81. The van der Waals surface area contributed by atoms with Gasteiger partial charge >= 0.3 is 0 Å². The summed E-state index contributed by atoms with van der Waals surface area (Å²) in [6.07, 6.45) is 2.69. The predicted octanol–water partition coefficient (Wildman–Crippen LogP) is 1.40. The lowest BCUT2D eigenvalue weighted by Gasteiger charge is -2.41. The first kappa shape index (κ1) is 6.09. The first-order valence-corrected chi connectivity index (χ1v) is 3.54. The van der Waals surface area contributed by atoms with E-state index in [1.807, 2.05) is 0 Å². The van der Waals surface area contributed by atoms with Crippen molar-refractivity contribution in [3.63, 3.8) is 0 Å². The van der Waals surface area contributed by atoms with Gasteiger partial charge in [0.25, 0.3) is 0 Å². The molecule has 0 spiro atoms. The summed E-state index contributed by atoms with van der Waals surface area (Å²) in [5.41, 5.74) is 0.694. The van der Waals surface area contributed by atoms with Gasteiger partial charge in [-0.3, -0.25) is 0 Å². The van der Waals surface area contributed by atoms with Gasteiger partial charge in [0.05, 0.1) is 0 Å². The first-order valence-electron chi connectivity index (χ1n) is 3.54. The second-order valence-corrected chi connectivity index (χ2v) is 2.81. The van der Waals surface area contributed by atoms with Crippen molar-refractivity contribution in [1.29, 1.82) is 0 Å². The Balaban J connectivity index is 2.33. The molecule has 0 aromatic rings. The summed E-state index contributed by atoms with van der Waals surface area (Å²) in [5, 5.41) is 3.30. The number of hydrogen-bond acceptors (Lipinski definition) is 1. The Morgan fingerprint density at radius 3 is 1.75 bits per heavy atom. The number of rotatable bonds is 2. The Kier molecular flexibility index (Phi) is 1.57. The minimum absolute atomic E-state index is 0.694. The normalized spacial score (nSPS) is 24.8. The van der Waals surface area contributed by atoms with Crippen molar-refractivity contribution in [2.24, 2.45) is 5.41 Å². The molecule has 0 aliphatic carbocycles. The van der Waals surface area contributed by atoms with Crippen LogP contribution in [-0.2, 0) is 0 Å². The zero-order valence-corrected chi connectivity index (χ0v) is 5.83. The molecule has 48 valence electrons. The summed E-state index contributed by atoms with van der Waals surface area (Å²) in [4.78, 5) is 0. The van der Waals surface area contributed by atoms with E-state index in [-0.39, 0.29) is 0 Å². The molecule has 1 fully saturated rings. The molecule has 0 saturated carbocycles. The molecule has 0 atom stereocenters. The molecule has 1 heteroatoms. The van der Waals surface area contributed by atoms with E-state index in [1.165, 1.54) is 25.9 Å². The first-order chi connectivity index (χ1) is 3.83. The van der Waals surface area contributed by atoms with Crippen molar-refractivity contribution in [1.82, 2.24) is 5.32 Å². The van der Waals surface area contributed by atoms with Gasteiger partial charge in [-0.1, -0.05) is 13.8 Å². The Hall–Kier alpha value is -0.0400. The van der Waals surface area contributed by atoms with E-state index in [1.54, 1.807) is 0 Å². The lowest BCUT2D eigenvalue weighted by molar-refractivity contribution is 0.154. The Labute approximate surface area is 51.5 Å². The highest BCUT2D eigenvalue weighted by Gasteiger charge is 2.32. The van der Waals surface area contributed by atoms with Gasteiger partial charge in [0.15, 0.2) is 0 Å². The smallest absolute Gasteiger partial charge is 0.00200 e. The van der Waals surface area contributed by atoms with Gasteiger partial charge in [0.2, 0.25) is 0 Å². The van der Waals surface area contributed by atoms with Crippen LogP contribution >= 0.6 is 0 Å². The van der Waals surface area contributed by atoms with Crippen LogP contribution in [0.15, 0.2) is 0 Å². The minimum atomic E-state index is 0.694. The molecule has 1 heterocycles. The number of hydrogen-bond donors (Lipinski definition) is 1. The summed E-state index contributed by atoms with van der Waals surface area (Å²) in [6, 6.07) is 0. The third kappa shape index (κ3) is 0.752. The standard InChI is InChI=1S/C7H15N/c1-3-7(4-2)5-8-6-7/h8H,3-6H2,1-2H3. The van der Waals surface area contributed by atoms with Gasteiger partial charge < -0.3 is 5.32 Å². The van der Waals surface area contributed by atoms with E-state index in [0.29, 0.717) is 5.41 Å². The molecule has 1 aliphatic rings. The molecule has 0 radical (unpaired) electrons. The fourth-order valence-corrected chi connectivity index (χ4v) is 1.23. The number of nitrogens with one attached hydrogen (secondary N) is 1. The van der Waals surface area contributed by atoms with Gasteiger partial charge in [0, 0.05) is 13.1 Å². The molecule has 1 aliphatic heterocycles. The van der Waals surface area contributed by atoms with Crippen LogP contribution in [0.5, 0.6) is 0 Å². The molecule has 0 unspecified atom stereocenters. The van der Waals surface area contributed by atoms with Gasteiger partial charge in [-0.25, -0.2) is 0 Å². The van der Waals surface area contributed by atoms with Crippen LogP contribution in [-0.4, -0.2) is 13.1 Å². The third-order valence-electron chi connectivity index (χ3n) is 2.50. The van der Waals surface area contributed by atoms with E-state index in [0.717, 1.165) is 0 Å². The summed E-state index contributed by atoms with van der Waals surface area (Å²) >= 11 is 0. The van der Waals surface area contributed by atoms with Gasteiger partial charge in [0.1, 0.15) is 0 Å². The molecule has 1 rings (SSSR count). The molecule has 0 bridgehead atoms. The lowest BCUT2D eigenvalue weighted by Crippen LogP contribution is -2.52. The van der Waals surface area contributed by atoms with Gasteiger partial charge in [-0.05, 0) is 18.3 Å². The fraction of sp³-hybridized carbons (Fsp3) is 1.00. The van der Waals surface area contributed by atoms with Crippen LogP contribution in [0.25, 0.3) is 0 Å². The molecule has 1 nitrogen and oxygen atoms in total. The van der Waals surface area contributed by atoms with E-state index < -0.39 is 0 Å². The topological polar surface area (TPSA) is 12.0 Å². The summed E-state index contributed by atoms with van der Waals surface area (Å²) in [6.45, 7) is 7.06. The van der Waals surface area contributed by atoms with E-state index in [2.05, 4.69) is 19.2 Å². The zero-order chi connectivity index (χ0) is 6.04. The summed E-state index contributed by atoms with van der Waals surface area (Å²) in [7, 11) is 0. The van der Waals surface area contributed by atoms with Crippen molar-refractivity contribution in [3.05, 3.63) is 0 Å². The maximum Gasteiger partial charge on any atom is 0.00200 e. The average Bonchev–Trinajstić information content (AvgIpc) is 1.67. The highest BCUT2D eigenvalue weighted by atomic mass is 15.0. The highest BCUT2D eigenvalue weighted by Crippen LogP contribution is 2.29. The fourth-order valence-electron chi connectivity index (χ4n) is 1.23. The van der Waals surface area contributed by atoms with Crippen molar-refractivity contribution in [3.8, 4) is 0 Å². The van der Waals surface area contributed by atoms with Crippen LogP contribution < -0.4 is 5.32 Å². The molecule has 1 saturated heterocycles. The van der Waals surface area contributed by atoms with Crippen LogP contribution in [0.1, 0.15) is 26.7 Å². The SMILES string of the molecule is CCC1(CC)CNC1. The van der Waals surface area contributed by atoms with Crippen LogP contribution in [0.3, 0.4) is 0 Å². The van der Waals surface area contributed by atoms with Crippen molar-refractivity contribution in [2.45, 2.75) is 26.7 Å². The van der Waals surface area contributed by atoms with E-state index in [4.69, 9.17) is 0 Å². The van der Waals surface area contributed by atoms with E-state index >= 15 is 0 Å². The summed E-state index contributed by atoms with van der Waals surface area (Å²) < 4.78 is 0. The third-order valence-corrected chi connectivity index (χ3v) is 2.50. The Morgan fingerprint density at radius 1 is 1.25 bits per heavy atom. The molecule has 0 amide bonds. The van der Waals surface area contributed by atoms with Crippen molar-refractivity contribution >= 4 is 0 Å². The van der Waals surface area contributed by atoms with Crippen LogP contribution in [0.4, 0.5) is 0 Å². The largest absolute Gasteiger partial charge is 0.316 e. The van der Waals surface area contributed by atoms with Gasteiger partial charge in [-0.2, -0.15) is 0 Å². The highest BCUT2D eigenvalue weighted by molar-refractivity contribution is 4.89. The quantitative estimate of drug-likeness (QED) is 0.570. The molecule has 8 heavy (non-hydrogen) atoms. The predicted molar refractivity (Wildman–Crippen MR) is 35.9 cm³/mol. The molecular formula is C7H15N. The average molecular weight is 113 g/mol. The monoisotopic (exact) mass is 113 g/mol. The minimum Gasteiger partial charge on any atom is -0.316 e. The van der Waals surface area contributed by atoms with Gasteiger partial charge in [-0.15, -0.1) is 0 Å². The molecule has 0 aromatic carbocycles. The lowest BCUT2D eigenvalue weighted by atomic mass is 9.77. The van der Waals surface area contributed by atoms with E-state index in [9.17, 15) is 0 Å². The zero-order valence-electron chi connectivity index (χ0n) is 5.83. The Bertz CT molecular complexity index is 60.9. The molecule has 0 aromatic heterocycles. The van der Waals surface area contributed by atoms with Crippen LogP contribution in [0, 0.1) is 5.41 Å². The maximum atomic E-state index is 3.30. The van der Waals surface area contributed by atoms with Crippen molar-refractivity contribution < 1.29 is 0 Å². The van der Waals surface area contributed by atoms with Crippen LogP contribution in [0.2, 0.25) is 0 Å². The van der Waals surface area contributed by atoms with Crippen molar-refractivity contribution in [2.75, 3.05) is 13.1 Å². The molecular weight excluding hydrogens is 98.1 g/mol. The Morgan fingerprint density at radius 2 is 1.75 bits per heavy atom.